The van der Waals surface area contributed by atoms with Gasteiger partial charge in [0.15, 0.2) is 0 Å². The summed E-state index contributed by atoms with van der Waals surface area (Å²) in [6.07, 6.45) is 0. The number of aromatic hydroxyl groups is 1. The summed E-state index contributed by atoms with van der Waals surface area (Å²) in [5.41, 5.74) is 0.891. The summed E-state index contributed by atoms with van der Waals surface area (Å²) in [4.78, 5) is 2.25. The summed E-state index contributed by atoms with van der Waals surface area (Å²) in [6, 6.07) is 15.0. The first kappa shape index (κ1) is 14.4. The summed E-state index contributed by atoms with van der Waals surface area (Å²) in [7, 11) is 0. The lowest BCUT2D eigenvalue weighted by Gasteiger charge is -2.19. The Kier molecular flexibility index (Phi) is 5.02. The third-order valence-electron chi connectivity index (χ3n) is 3.32. The van der Waals surface area contributed by atoms with Crippen LogP contribution in [0, 0.1) is 0 Å². The second kappa shape index (κ2) is 6.96. The number of hydrogen-bond donors (Lipinski definition) is 1. The second-order valence-corrected chi connectivity index (χ2v) is 4.67. The molecule has 0 saturated heterocycles. The lowest BCUT2D eigenvalue weighted by Crippen LogP contribution is -2.22. The maximum Gasteiger partial charge on any atom is 0.128 e. The zero-order valence-electron chi connectivity index (χ0n) is 12.0. The number of ether oxygens (including phenoxy) is 1. The molecule has 0 aliphatic carbocycles. The highest BCUT2D eigenvalue weighted by Gasteiger charge is 2.08. The normalized spacial score (nSPS) is 10.8. The highest BCUT2D eigenvalue weighted by atomic mass is 16.5. The molecule has 0 heterocycles. The lowest BCUT2D eigenvalue weighted by atomic mass is 10.1. The van der Waals surface area contributed by atoms with E-state index in [2.05, 4.69) is 18.7 Å². The zero-order chi connectivity index (χ0) is 14.4. The van der Waals surface area contributed by atoms with Crippen LogP contribution in [0.2, 0.25) is 0 Å². The van der Waals surface area contributed by atoms with Crippen LogP contribution < -0.4 is 4.74 Å². The van der Waals surface area contributed by atoms with Crippen LogP contribution in [0.4, 0.5) is 0 Å². The zero-order valence-corrected chi connectivity index (χ0v) is 12.0. The number of nitrogens with zero attached hydrogens (tertiary/aromatic N) is 1. The van der Waals surface area contributed by atoms with Gasteiger partial charge in [-0.2, -0.15) is 0 Å². The Labute approximate surface area is 120 Å². The van der Waals surface area contributed by atoms with Gasteiger partial charge in [-0.05, 0) is 43.4 Å². The van der Waals surface area contributed by atoms with Gasteiger partial charge in [-0.1, -0.05) is 32.0 Å². The van der Waals surface area contributed by atoms with Gasteiger partial charge in [-0.3, -0.25) is 4.90 Å². The SMILES string of the molecule is CCN(CC)Cc1cc(Oc2ccccc2)ccc1O. The van der Waals surface area contributed by atoms with Gasteiger partial charge in [0.1, 0.15) is 17.2 Å². The Hall–Kier alpha value is -2.00. The van der Waals surface area contributed by atoms with Crippen LogP contribution in [0.1, 0.15) is 19.4 Å². The number of hydrogen-bond acceptors (Lipinski definition) is 3. The highest BCUT2D eigenvalue weighted by molar-refractivity contribution is 5.41. The van der Waals surface area contributed by atoms with Crippen LogP contribution in [0.5, 0.6) is 17.2 Å². The largest absolute Gasteiger partial charge is 0.508 e. The van der Waals surface area contributed by atoms with Gasteiger partial charge in [0.25, 0.3) is 0 Å². The van der Waals surface area contributed by atoms with Crippen LogP contribution in [0.15, 0.2) is 48.5 Å². The molecular weight excluding hydrogens is 250 g/mol. The van der Waals surface area contributed by atoms with Gasteiger partial charge in [-0.15, -0.1) is 0 Å². The predicted molar refractivity (Wildman–Crippen MR) is 81.2 cm³/mol. The van der Waals surface area contributed by atoms with Crippen LogP contribution >= 0.6 is 0 Å². The Morgan fingerprint density at radius 1 is 0.950 bits per heavy atom. The number of benzene rings is 2. The molecule has 2 aromatic rings. The molecule has 0 saturated carbocycles. The van der Waals surface area contributed by atoms with Crippen LogP contribution in [0.25, 0.3) is 0 Å². The average molecular weight is 271 g/mol. The maximum atomic E-state index is 9.96. The van der Waals surface area contributed by atoms with Crippen LogP contribution in [-0.4, -0.2) is 23.1 Å². The summed E-state index contributed by atoms with van der Waals surface area (Å²) >= 11 is 0. The first-order valence-corrected chi connectivity index (χ1v) is 7.00. The molecular formula is C17H21NO2. The van der Waals surface area contributed by atoms with Crippen molar-refractivity contribution in [1.82, 2.24) is 4.90 Å². The van der Waals surface area contributed by atoms with Crippen molar-refractivity contribution < 1.29 is 9.84 Å². The molecule has 1 N–H and O–H groups in total. The summed E-state index contributed by atoms with van der Waals surface area (Å²) in [5, 5.41) is 9.96. The lowest BCUT2D eigenvalue weighted by molar-refractivity contribution is 0.290. The molecule has 0 atom stereocenters. The van der Waals surface area contributed by atoms with Crippen LogP contribution in [0.3, 0.4) is 0 Å². The first-order valence-electron chi connectivity index (χ1n) is 7.00. The molecule has 3 heteroatoms. The summed E-state index contributed by atoms with van der Waals surface area (Å²) in [5.74, 6) is 1.86. The molecule has 2 aromatic carbocycles. The standard InChI is InChI=1S/C17H21NO2/c1-3-18(4-2)13-14-12-16(10-11-17(14)19)20-15-8-6-5-7-9-15/h5-12,19H,3-4,13H2,1-2H3. The minimum atomic E-state index is 0.317. The van der Waals surface area contributed by atoms with E-state index < -0.39 is 0 Å². The van der Waals surface area contributed by atoms with Crippen molar-refractivity contribution in [2.75, 3.05) is 13.1 Å². The maximum absolute atomic E-state index is 9.96. The minimum Gasteiger partial charge on any atom is -0.508 e. The second-order valence-electron chi connectivity index (χ2n) is 4.67. The molecule has 0 aliphatic heterocycles. The van der Waals surface area contributed by atoms with E-state index in [0.717, 1.165) is 36.7 Å². The molecule has 0 spiro atoms. The summed E-state index contributed by atoms with van der Waals surface area (Å²) < 4.78 is 5.79. The summed E-state index contributed by atoms with van der Waals surface area (Å²) in [6.45, 7) is 6.87. The molecule has 3 nitrogen and oxygen atoms in total. The van der Waals surface area contributed by atoms with Gasteiger partial charge >= 0.3 is 0 Å². The van der Waals surface area contributed by atoms with E-state index in [1.165, 1.54) is 0 Å². The molecule has 0 amide bonds. The quantitative estimate of drug-likeness (QED) is 0.861. The molecule has 0 aliphatic rings. The molecule has 0 fully saturated rings. The van der Waals surface area contributed by atoms with E-state index in [9.17, 15) is 5.11 Å². The van der Waals surface area contributed by atoms with Crippen molar-refractivity contribution in [2.45, 2.75) is 20.4 Å². The van der Waals surface area contributed by atoms with Crippen molar-refractivity contribution in [3.05, 3.63) is 54.1 Å². The molecule has 0 radical (unpaired) electrons. The number of rotatable bonds is 6. The van der Waals surface area contributed by atoms with Crippen molar-refractivity contribution in [1.29, 1.82) is 0 Å². The molecule has 0 aromatic heterocycles. The Morgan fingerprint density at radius 3 is 2.30 bits per heavy atom. The third kappa shape index (κ3) is 3.75. The molecule has 0 bridgehead atoms. The van der Waals surface area contributed by atoms with Gasteiger partial charge in [-0.25, -0.2) is 0 Å². The molecule has 20 heavy (non-hydrogen) atoms. The van der Waals surface area contributed by atoms with E-state index in [0.29, 0.717) is 5.75 Å². The van der Waals surface area contributed by atoms with Gasteiger partial charge < -0.3 is 9.84 Å². The van der Waals surface area contributed by atoms with Crippen molar-refractivity contribution >= 4 is 0 Å². The van der Waals surface area contributed by atoms with E-state index in [4.69, 9.17) is 4.74 Å². The van der Waals surface area contributed by atoms with Gasteiger partial charge in [0, 0.05) is 12.1 Å². The Bertz CT molecular complexity index is 536. The van der Waals surface area contributed by atoms with Crippen LogP contribution in [-0.2, 0) is 6.54 Å². The average Bonchev–Trinajstić information content (AvgIpc) is 2.49. The Balaban J connectivity index is 2.16. The highest BCUT2D eigenvalue weighted by Crippen LogP contribution is 2.27. The fourth-order valence-electron chi connectivity index (χ4n) is 2.06. The predicted octanol–water partition coefficient (Wildman–Crippen LogP) is 4.03. The van der Waals surface area contributed by atoms with E-state index in [1.807, 2.05) is 36.4 Å². The van der Waals surface area contributed by atoms with E-state index in [-0.39, 0.29) is 0 Å². The molecule has 106 valence electrons. The molecule has 2 rings (SSSR count). The minimum absolute atomic E-state index is 0.317. The Morgan fingerprint density at radius 2 is 1.65 bits per heavy atom. The smallest absolute Gasteiger partial charge is 0.128 e. The van der Waals surface area contributed by atoms with Gasteiger partial charge in [0.2, 0.25) is 0 Å². The van der Waals surface area contributed by atoms with Crippen molar-refractivity contribution in [2.24, 2.45) is 0 Å². The fraction of sp³-hybridized carbons (Fsp3) is 0.294. The monoisotopic (exact) mass is 271 g/mol. The number of phenols is 1. The number of phenolic OH excluding ortho intramolecular Hbond substituents is 1. The fourth-order valence-corrected chi connectivity index (χ4v) is 2.06. The third-order valence-corrected chi connectivity index (χ3v) is 3.32. The van der Waals surface area contributed by atoms with Crippen molar-refractivity contribution in [3.63, 3.8) is 0 Å². The number of para-hydroxylation sites is 1. The van der Waals surface area contributed by atoms with Gasteiger partial charge in [0.05, 0.1) is 0 Å². The van der Waals surface area contributed by atoms with E-state index >= 15 is 0 Å². The topological polar surface area (TPSA) is 32.7 Å². The van der Waals surface area contributed by atoms with E-state index in [1.54, 1.807) is 12.1 Å². The van der Waals surface area contributed by atoms with Crippen molar-refractivity contribution in [3.8, 4) is 17.2 Å². The first-order chi connectivity index (χ1) is 9.72. The molecule has 0 unspecified atom stereocenters.